The number of nitrogens with zero attached hydrogens (tertiary/aromatic N) is 4. The largest absolute Gasteiger partial charge is 0.379 e. The molecule has 0 radical (unpaired) electrons. The van der Waals surface area contributed by atoms with Crippen LogP contribution < -0.4 is 0 Å². The number of hydrogen-bond donors (Lipinski definition) is 0. The van der Waals surface area contributed by atoms with Crippen LogP contribution in [-0.2, 0) is 16.0 Å². The summed E-state index contributed by atoms with van der Waals surface area (Å²) in [4.78, 5) is 22.7. The smallest absolute Gasteiger partial charge is 0.222 e. The monoisotopic (exact) mass is 426 g/mol. The Hall–Kier alpha value is -2.22. The van der Waals surface area contributed by atoms with Gasteiger partial charge in [-0.2, -0.15) is 0 Å². The first kappa shape index (κ1) is 21.0. The molecule has 1 aliphatic rings. The van der Waals surface area contributed by atoms with Crippen LogP contribution >= 0.6 is 11.3 Å². The van der Waals surface area contributed by atoms with E-state index in [1.165, 1.54) is 11.3 Å². The van der Waals surface area contributed by atoms with E-state index in [1.54, 1.807) is 11.3 Å². The van der Waals surface area contributed by atoms with E-state index >= 15 is 0 Å². The van der Waals surface area contributed by atoms with Crippen molar-refractivity contribution in [3.63, 3.8) is 0 Å². The number of amides is 1. The maximum absolute atomic E-state index is 12.5. The number of rotatable bonds is 8. The van der Waals surface area contributed by atoms with Crippen molar-refractivity contribution in [1.29, 1.82) is 0 Å². The highest BCUT2D eigenvalue weighted by molar-refractivity contribution is 7.15. The molecule has 160 valence electrons. The first-order valence-corrected chi connectivity index (χ1v) is 11.6. The zero-order chi connectivity index (χ0) is 20.9. The highest BCUT2D eigenvalue weighted by atomic mass is 32.1. The highest BCUT2D eigenvalue weighted by Crippen LogP contribution is 2.24. The number of fused-ring (bicyclic) bond motifs is 1. The third-order valence-corrected chi connectivity index (χ3v) is 6.60. The standard InChI is InChI=1S/C23H30N4O2S/c1-3-22(28)26(11-10-25-12-14-29-15-13-25)9-8-20-17-30-23-24-21(16-27(20)23)19-6-4-18(2)5-7-19/h4-7,16-17H,3,8-15H2,1-2H3. The summed E-state index contributed by atoms with van der Waals surface area (Å²) in [6.45, 7) is 9.95. The lowest BCUT2D eigenvalue weighted by Crippen LogP contribution is -2.43. The molecule has 3 aromatic rings. The molecule has 30 heavy (non-hydrogen) atoms. The average molecular weight is 427 g/mol. The van der Waals surface area contributed by atoms with E-state index < -0.39 is 0 Å². The number of carbonyl (C=O) groups excluding carboxylic acids is 1. The molecule has 0 bridgehead atoms. The van der Waals surface area contributed by atoms with E-state index in [-0.39, 0.29) is 5.91 Å². The second-order valence-corrected chi connectivity index (χ2v) is 8.65. The highest BCUT2D eigenvalue weighted by Gasteiger charge is 2.17. The van der Waals surface area contributed by atoms with Gasteiger partial charge in [0.05, 0.1) is 18.9 Å². The average Bonchev–Trinajstić information content (AvgIpc) is 3.36. The first-order valence-electron chi connectivity index (χ1n) is 10.7. The second kappa shape index (κ2) is 9.73. The molecule has 6 nitrogen and oxygen atoms in total. The van der Waals surface area contributed by atoms with E-state index in [4.69, 9.17) is 9.72 Å². The Balaban J connectivity index is 1.42. The van der Waals surface area contributed by atoms with E-state index in [1.807, 2.05) is 11.8 Å². The van der Waals surface area contributed by atoms with Crippen LogP contribution in [0.2, 0.25) is 0 Å². The molecule has 2 aromatic heterocycles. The molecular weight excluding hydrogens is 396 g/mol. The van der Waals surface area contributed by atoms with Crippen LogP contribution in [0.5, 0.6) is 0 Å². The van der Waals surface area contributed by atoms with E-state index in [2.05, 4.69) is 52.1 Å². The fraction of sp³-hybridized carbons (Fsp3) is 0.478. The van der Waals surface area contributed by atoms with Crippen LogP contribution in [0.1, 0.15) is 24.6 Å². The second-order valence-electron chi connectivity index (χ2n) is 7.81. The lowest BCUT2D eigenvalue weighted by atomic mass is 10.1. The van der Waals surface area contributed by atoms with Crippen molar-refractivity contribution in [1.82, 2.24) is 19.2 Å². The van der Waals surface area contributed by atoms with Crippen LogP contribution in [0.25, 0.3) is 16.2 Å². The van der Waals surface area contributed by atoms with Crippen molar-refractivity contribution < 1.29 is 9.53 Å². The lowest BCUT2D eigenvalue weighted by Gasteiger charge is -2.30. The number of aromatic nitrogens is 2. The Labute approximate surface area is 182 Å². The Bertz CT molecular complexity index is 973. The van der Waals surface area contributed by atoms with Crippen LogP contribution in [-0.4, -0.2) is 71.0 Å². The predicted octanol–water partition coefficient (Wildman–Crippen LogP) is 3.48. The Morgan fingerprint density at radius 2 is 1.97 bits per heavy atom. The fourth-order valence-corrected chi connectivity index (χ4v) is 4.70. The summed E-state index contributed by atoms with van der Waals surface area (Å²) in [6, 6.07) is 8.47. The van der Waals surface area contributed by atoms with Crippen molar-refractivity contribution >= 4 is 22.2 Å². The van der Waals surface area contributed by atoms with Gasteiger partial charge >= 0.3 is 0 Å². The maximum atomic E-state index is 12.5. The van der Waals surface area contributed by atoms with Gasteiger partial charge in [0, 0.05) is 68.4 Å². The van der Waals surface area contributed by atoms with Crippen LogP contribution in [0.15, 0.2) is 35.8 Å². The molecule has 1 aromatic carbocycles. The van der Waals surface area contributed by atoms with E-state index in [0.29, 0.717) is 6.42 Å². The number of ether oxygens (including phenoxy) is 1. The summed E-state index contributed by atoms with van der Waals surface area (Å²) in [6.07, 6.45) is 3.49. The molecule has 1 saturated heterocycles. The number of aryl methyl sites for hydroxylation is 1. The molecule has 0 atom stereocenters. The number of imidazole rings is 1. The number of benzene rings is 1. The Morgan fingerprint density at radius 3 is 2.70 bits per heavy atom. The first-order chi connectivity index (χ1) is 14.6. The van der Waals surface area contributed by atoms with Gasteiger partial charge in [0.2, 0.25) is 5.91 Å². The van der Waals surface area contributed by atoms with Gasteiger partial charge in [0.1, 0.15) is 0 Å². The molecule has 0 aliphatic carbocycles. The van der Waals surface area contributed by atoms with Gasteiger partial charge in [-0.3, -0.25) is 14.1 Å². The molecule has 1 amide bonds. The number of morpholine rings is 1. The molecule has 0 saturated carbocycles. The van der Waals surface area contributed by atoms with Crippen molar-refractivity contribution in [2.75, 3.05) is 45.9 Å². The zero-order valence-corrected chi connectivity index (χ0v) is 18.7. The van der Waals surface area contributed by atoms with E-state index in [0.717, 1.165) is 68.6 Å². The summed E-state index contributed by atoms with van der Waals surface area (Å²) >= 11 is 1.66. The van der Waals surface area contributed by atoms with Crippen LogP contribution in [0.4, 0.5) is 0 Å². The topological polar surface area (TPSA) is 50.1 Å². The Morgan fingerprint density at radius 1 is 1.20 bits per heavy atom. The number of carbonyl (C=O) groups is 1. The summed E-state index contributed by atoms with van der Waals surface area (Å²) in [5, 5.41) is 2.16. The third kappa shape index (κ3) is 4.91. The predicted molar refractivity (Wildman–Crippen MR) is 121 cm³/mol. The van der Waals surface area contributed by atoms with Crippen molar-refractivity contribution in [3.8, 4) is 11.3 Å². The summed E-state index contributed by atoms with van der Waals surface area (Å²) in [7, 11) is 0. The number of thiazole rings is 1. The quantitative estimate of drug-likeness (QED) is 0.553. The zero-order valence-electron chi connectivity index (χ0n) is 17.8. The summed E-state index contributed by atoms with van der Waals surface area (Å²) < 4.78 is 7.60. The molecular formula is C23H30N4O2S. The van der Waals surface area contributed by atoms with Gasteiger partial charge in [0.15, 0.2) is 4.96 Å². The molecule has 1 fully saturated rings. The lowest BCUT2D eigenvalue weighted by molar-refractivity contribution is -0.131. The maximum Gasteiger partial charge on any atom is 0.222 e. The van der Waals surface area contributed by atoms with Gasteiger partial charge in [-0.15, -0.1) is 11.3 Å². The molecule has 0 unspecified atom stereocenters. The van der Waals surface area contributed by atoms with E-state index in [9.17, 15) is 4.79 Å². The van der Waals surface area contributed by atoms with Gasteiger partial charge in [-0.05, 0) is 6.92 Å². The molecule has 1 aliphatic heterocycles. The fourth-order valence-electron chi connectivity index (χ4n) is 3.79. The van der Waals surface area contributed by atoms with Crippen molar-refractivity contribution in [2.24, 2.45) is 0 Å². The molecule has 3 heterocycles. The molecule has 4 rings (SSSR count). The van der Waals surface area contributed by atoms with Gasteiger partial charge in [0.25, 0.3) is 0 Å². The van der Waals surface area contributed by atoms with Gasteiger partial charge < -0.3 is 9.64 Å². The Kier molecular flexibility index (Phi) is 6.82. The van der Waals surface area contributed by atoms with Crippen LogP contribution in [0, 0.1) is 6.92 Å². The van der Waals surface area contributed by atoms with Crippen LogP contribution in [0.3, 0.4) is 0 Å². The van der Waals surface area contributed by atoms with Gasteiger partial charge in [-0.25, -0.2) is 4.98 Å². The minimum absolute atomic E-state index is 0.223. The third-order valence-electron chi connectivity index (χ3n) is 5.71. The van der Waals surface area contributed by atoms with Crippen molar-refractivity contribution in [2.45, 2.75) is 26.7 Å². The normalized spacial score (nSPS) is 15.0. The number of hydrogen-bond acceptors (Lipinski definition) is 5. The van der Waals surface area contributed by atoms with Gasteiger partial charge in [-0.1, -0.05) is 36.8 Å². The molecule has 0 spiro atoms. The summed E-state index contributed by atoms with van der Waals surface area (Å²) in [5.41, 5.74) is 4.59. The van der Waals surface area contributed by atoms with Crippen molar-refractivity contribution in [3.05, 3.63) is 47.1 Å². The SMILES string of the molecule is CCC(=O)N(CCc1csc2nc(-c3ccc(C)cc3)cn12)CCN1CCOCC1. The minimum Gasteiger partial charge on any atom is -0.379 e. The molecule has 7 heteroatoms. The molecule has 0 N–H and O–H groups in total. The summed E-state index contributed by atoms with van der Waals surface area (Å²) in [5.74, 6) is 0.223. The minimum atomic E-state index is 0.223.